The number of nitrogens with one attached hydrogen (secondary N) is 1. The number of benzene rings is 1. The van der Waals surface area contributed by atoms with Crippen LogP contribution in [-0.4, -0.2) is 35.1 Å². The van der Waals surface area contributed by atoms with Gasteiger partial charge >= 0.3 is 0 Å². The van der Waals surface area contributed by atoms with E-state index in [1.807, 2.05) is 42.6 Å². The molecule has 30 heavy (non-hydrogen) atoms. The SMILES string of the molecule is Cc1ccc(-n2c(N3CCC[C@@H](C(=O)NCC4CC4)C3)nc3ccsc3c2=O)cc1. The molecule has 0 spiro atoms. The first-order chi connectivity index (χ1) is 14.6. The quantitative estimate of drug-likeness (QED) is 0.683. The van der Waals surface area contributed by atoms with Crippen molar-refractivity contribution in [3.8, 4) is 5.69 Å². The van der Waals surface area contributed by atoms with Gasteiger partial charge in [0.05, 0.1) is 17.1 Å². The summed E-state index contributed by atoms with van der Waals surface area (Å²) in [6, 6.07) is 9.84. The molecule has 6 nitrogen and oxygen atoms in total. The Hall–Kier alpha value is -2.67. The number of amides is 1. The number of hydrogen-bond donors (Lipinski definition) is 1. The van der Waals surface area contributed by atoms with Gasteiger partial charge in [0, 0.05) is 19.6 Å². The Balaban J connectivity index is 1.50. The number of rotatable bonds is 5. The van der Waals surface area contributed by atoms with Gasteiger partial charge in [-0.15, -0.1) is 11.3 Å². The molecule has 2 aliphatic rings. The number of aromatic nitrogens is 2. The molecule has 1 atom stereocenters. The van der Waals surface area contributed by atoms with Gasteiger partial charge < -0.3 is 10.2 Å². The minimum Gasteiger partial charge on any atom is -0.356 e. The highest BCUT2D eigenvalue weighted by molar-refractivity contribution is 7.17. The number of thiophene rings is 1. The lowest BCUT2D eigenvalue weighted by molar-refractivity contribution is -0.125. The van der Waals surface area contributed by atoms with Crippen LogP contribution in [0.4, 0.5) is 5.95 Å². The fraction of sp³-hybridized carbons (Fsp3) is 0.435. The summed E-state index contributed by atoms with van der Waals surface area (Å²) in [5.41, 5.74) is 2.63. The first-order valence-corrected chi connectivity index (χ1v) is 11.6. The monoisotopic (exact) mass is 422 g/mol. The topological polar surface area (TPSA) is 67.2 Å². The van der Waals surface area contributed by atoms with E-state index in [0.717, 1.165) is 42.7 Å². The largest absolute Gasteiger partial charge is 0.356 e. The van der Waals surface area contributed by atoms with Crippen molar-refractivity contribution in [2.75, 3.05) is 24.5 Å². The molecule has 0 unspecified atom stereocenters. The maximum Gasteiger partial charge on any atom is 0.277 e. The third kappa shape index (κ3) is 3.74. The number of carbonyl (C=O) groups is 1. The van der Waals surface area contributed by atoms with E-state index in [4.69, 9.17) is 4.98 Å². The third-order valence-electron chi connectivity index (χ3n) is 6.09. The predicted molar refractivity (Wildman–Crippen MR) is 121 cm³/mol. The van der Waals surface area contributed by atoms with Crippen molar-refractivity contribution < 1.29 is 4.79 Å². The van der Waals surface area contributed by atoms with Crippen molar-refractivity contribution in [1.82, 2.24) is 14.9 Å². The summed E-state index contributed by atoms with van der Waals surface area (Å²) >= 11 is 1.42. The zero-order chi connectivity index (χ0) is 20.7. The Morgan fingerprint density at radius 1 is 1.20 bits per heavy atom. The van der Waals surface area contributed by atoms with Crippen LogP contribution >= 0.6 is 11.3 Å². The standard InChI is InChI=1S/C23H26N4O2S/c1-15-4-8-18(9-5-15)27-22(29)20-19(10-12-30-20)25-23(27)26-11-2-3-17(14-26)21(28)24-13-16-6-7-16/h4-5,8-10,12,16-17H,2-3,6-7,11,13-14H2,1H3,(H,24,28)/t17-/m1/s1. The molecule has 0 bridgehead atoms. The second-order valence-electron chi connectivity index (χ2n) is 8.50. The molecule has 1 aliphatic heterocycles. The Bertz CT molecular complexity index is 1130. The molecule has 1 aromatic carbocycles. The lowest BCUT2D eigenvalue weighted by atomic mass is 9.97. The molecule has 1 aliphatic carbocycles. The summed E-state index contributed by atoms with van der Waals surface area (Å²) in [7, 11) is 0. The van der Waals surface area contributed by atoms with Gasteiger partial charge in [-0.05, 0) is 62.1 Å². The average Bonchev–Trinajstić information content (AvgIpc) is 3.47. The van der Waals surface area contributed by atoms with Crippen molar-refractivity contribution in [3.05, 3.63) is 51.6 Å². The van der Waals surface area contributed by atoms with E-state index >= 15 is 0 Å². The van der Waals surface area contributed by atoms with E-state index in [-0.39, 0.29) is 17.4 Å². The first-order valence-electron chi connectivity index (χ1n) is 10.7. The summed E-state index contributed by atoms with van der Waals surface area (Å²) in [4.78, 5) is 33.1. The molecular weight excluding hydrogens is 396 g/mol. The van der Waals surface area contributed by atoms with Crippen LogP contribution in [0.1, 0.15) is 31.2 Å². The zero-order valence-electron chi connectivity index (χ0n) is 17.1. The fourth-order valence-electron chi connectivity index (χ4n) is 4.12. The Kier molecular flexibility index (Phi) is 5.06. The maximum atomic E-state index is 13.4. The van der Waals surface area contributed by atoms with Crippen molar-refractivity contribution in [3.63, 3.8) is 0 Å². The minimum atomic E-state index is -0.0703. The summed E-state index contributed by atoms with van der Waals surface area (Å²) in [6.07, 6.45) is 4.24. The second kappa shape index (κ2) is 7.87. The van der Waals surface area contributed by atoms with Gasteiger partial charge in [0.15, 0.2) is 0 Å². The maximum absolute atomic E-state index is 13.4. The molecule has 3 aromatic rings. The highest BCUT2D eigenvalue weighted by Gasteiger charge is 2.30. The molecule has 1 saturated carbocycles. The van der Waals surface area contributed by atoms with Crippen LogP contribution < -0.4 is 15.8 Å². The van der Waals surface area contributed by atoms with E-state index in [9.17, 15) is 9.59 Å². The summed E-state index contributed by atoms with van der Waals surface area (Å²) < 4.78 is 2.37. The Morgan fingerprint density at radius 3 is 2.77 bits per heavy atom. The molecule has 2 aromatic heterocycles. The van der Waals surface area contributed by atoms with Crippen LogP contribution in [0.25, 0.3) is 15.9 Å². The van der Waals surface area contributed by atoms with Crippen molar-refractivity contribution >= 4 is 33.4 Å². The number of nitrogens with zero attached hydrogens (tertiary/aromatic N) is 3. The lowest BCUT2D eigenvalue weighted by Gasteiger charge is -2.34. The molecule has 1 saturated heterocycles. The van der Waals surface area contributed by atoms with Crippen LogP contribution in [0.15, 0.2) is 40.5 Å². The van der Waals surface area contributed by atoms with Crippen LogP contribution in [-0.2, 0) is 4.79 Å². The second-order valence-corrected chi connectivity index (χ2v) is 9.41. The number of anilines is 1. The normalized spacial score (nSPS) is 19.2. The van der Waals surface area contributed by atoms with Gasteiger partial charge in [0.2, 0.25) is 11.9 Å². The molecule has 7 heteroatoms. The zero-order valence-corrected chi connectivity index (χ0v) is 18.0. The van der Waals surface area contributed by atoms with E-state index < -0.39 is 0 Å². The lowest BCUT2D eigenvalue weighted by Crippen LogP contribution is -2.45. The van der Waals surface area contributed by atoms with Gasteiger partial charge in [0.25, 0.3) is 5.56 Å². The van der Waals surface area contributed by atoms with E-state index in [1.54, 1.807) is 4.57 Å². The molecule has 2 fully saturated rings. The highest BCUT2D eigenvalue weighted by Crippen LogP contribution is 2.29. The Morgan fingerprint density at radius 2 is 2.00 bits per heavy atom. The molecule has 1 amide bonds. The van der Waals surface area contributed by atoms with E-state index in [0.29, 0.717) is 23.1 Å². The average molecular weight is 423 g/mol. The van der Waals surface area contributed by atoms with Crippen LogP contribution in [0.2, 0.25) is 0 Å². The van der Waals surface area contributed by atoms with E-state index in [1.165, 1.54) is 24.2 Å². The van der Waals surface area contributed by atoms with Crippen LogP contribution in [0.5, 0.6) is 0 Å². The predicted octanol–water partition coefficient (Wildman–Crippen LogP) is 3.50. The summed E-state index contributed by atoms with van der Waals surface area (Å²) in [5.74, 6) is 1.36. The van der Waals surface area contributed by atoms with Crippen LogP contribution in [0.3, 0.4) is 0 Å². The van der Waals surface area contributed by atoms with Crippen molar-refractivity contribution in [2.24, 2.45) is 11.8 Å². The number of hydrogen-bond acceptors (Lipinski definition) is 5. The molecular formula is C23H26N4O2S. The van der Waals surface area contributed by atoms with Gasteiger partial charge in [-0.2, -0.15) is 0 Å². The van der Waals surface area contributed by atoms with Crippen molar-refractivity contribution in [1.29, 1.82) is 0 Å². The smallest absolute Gasteiger partial charge is 0.277 e. The molecule has 0 radical (unpaired) electrons. The van der Waals surface area contributed by atoms with Crippen molar-refractivity contribution in [2.45, 2.75) is 32.6 Å². The molecule has 5 rings (SSSR count). The number of aryl methyl sites for hydroxylation is 1. The van der Waals surface area contributed by atoms with Gasteiger partial charge in [-0.3, -0.25) is 9.59 Å². The Labute approximate surface area is 179 Å². The molecule has 3 heterocycles. The van der Waals surface area contributed by atoms with Crippen LogP contribution in [0, 0.1) is 18.8 Å². The number of fused-ring (bicyclic) bond motifs is 1. The summed E-state index contributed by atoms with van der Waals surface area (Å²) in [6.45, 7) is 4.21. The number of piperidine rings is 1. The van der Waals surface area contributed by atoms with E-state index in [2.05, 4.69) is 10.2 Å². The highest BCUT2D eigenvalue weighted by atomic mass is 32.1. The summed E-state index contributed by atoms with van der Waals surface area (Å²) in [5, 5.41) is 5.03. The first kappa shape index (κ1) is 19.3. The minimum absolute atomic E-state index is 0.0471. The van der Waals surface area contributed by atoms with Gasteiger partial charge in [0.1, 0.15) is 4.70 Å². The van der Waals surface area contributed by atoms with Gasteiger partial charge in [-0.25, -0.2) is 9.55 Å². The fourth-order valence-corrected chi connectivity index (χ4v) is 4.88. The molecule has 156 valence electrons. The number of carbonyl (C=O) groups excluding carboxylic acids is 1. The molecule has 1 N–H and O–H groups in total. The van der Waals surface area contributed by atoms with Gasteiger partial charge in [-0.1, -0.05) is 17.7 Å². The third-order valence-corrected chi connectivity index (χ3v) is 6.98.